The van der Waals surface area contributed by atoms with Crippen molar-refractivity contribution < 1.29 is 30.0 Å². The zero-order valence-electron chi connectivity index (χ0n) is 15.9. The summed E-state index contributed by atoms with van der Waals surface area (Å²) in [6, 6.07) is 3.57. The Balaban J connectivity index is 2.90. The number of aryl methyl sites for hydroxylation is 2. The fraction of sp³-hybridized carbons (Fsp3) is 0.611. The Bertz CT molecular complexity index is 614. The molecule has 6 N–H and O–H groups in total. The van der Waals surface area contributed by atoms with Crippen LogP contribution in [0.15, 0.2) is 12.1 Å². The highest BCUT2D eigenvalue weighted by Gasteiger charge is 2.24. The first-order valence-corrected chi connectivity index (χ1v) is 8.44. The third-order valence-corrected chi connectivity index (χ3v) is 3.75. The predicted octanol–water partition coefficient (Wildman–Crippen LogP) is 1.14. The van der Waals surface area contributed by atoms with Gasteiger partial charge in [0.15, 0.2) is 0 Å². The fourth-order valence-electron chi connectivity index (χ4n) is 2.18. The molecular weight excluding hydrogens is 340 g/mol. The van der Waals surface area contributed by atoms with Crippen LogP contribution in [0.5, 0.6) is 0 Å². The number of anilines is 2. The molecule has 8 nitrogen and oxygen atoms in total. The largest absolute Gasteiger partial charge is 0.444 e. The Morgan fingerprint density at radius 2 is 1.62 bits per heavy atom. The first kappa shape index (κ1) is 22.2. The van der Waals surface area contributed by atoms with E-state index in [0.717, 1.165) is 11.1 Å². The standard InChI is InChI=1S/C18H30N2O6/c1-10-6-12(19-8-14(22)16(24)15(23)9-21)13(7-11(10)2)20-17(25)26-18(3,4)5/h6-7,14-16,19,21-24H,8-9H2,1-5H3,(H,20,25)/t14-,15+,16-/m0/s1. The number of hydrogen-bond acceptors (Lipinski definition) is 7. The molecule has 0 saturated heterocycles. The number of aliphatic hydroxyl groups excluding tert-OH is 4. The maximum absolute atomic E-state index is 12.0. The van der Waals surface area contributed by atoms with E-state index in [2.05, 4.69) is 10.6 Å². The molecule has 8 heteroatoms. The number of aliphatic hydroxyl groups is 4. The number of benzene rings is 1. The second-order valence-electron chi connectivity index (χ2n) is 7.30. The summed E-state index contributed by atoms with van der Waals surface area (Å²) in [5, 5.41) is 43.5. The smallest absolute Gasteiger partial charge is 0.412 e. The van der Waals surface area contributed by atoms with E-state index in [1.165, 1.54) is 0 Å². The maximum Gasteiger partial charge on any atom is 0.412 e. The molecule has 0 unspecified atom stereocenters. The number of rotatable bonds is 7. The van der Waals surface area contributed by atoms with Gasteiger partial charge in [-0.2, -0.15) is 0 Å². The fourth-order valence-corrected chi connectivity index (χ4v) is 2.18. The van der Waals surface area contributed by atoms with Crippen LogP contribution in [0.4, 0.5) is 16.2 Å². The number of hydrogen-bond donors (Lipinski definition) is 6. The van der Waals surface area contributed by atoms with Gasteiger partial charge in [0.1, 0.15) is 17.8 Å². The van der Waals surface area contributed by atoms with Crippen LogP contribution in [-0.4, -0.2) is 63.6 Å². The van der Waals surface area contributed by atoms with Crippen LogP contribution in [0.3, 0.4) is 0 Å². The highest BCUT2D eigenvalue weighted by atomic mass is 16.6. The molecule has 0 heterocycles. The zero-order valence-corrected chi connectivity index (χ0v) is 15.9. The van der Waals surface area contributed by atoms with Crippen LogP contribution < -0.4 is 10.6 Å². The van der Waals surface area contributed by atoms with Gasteiger partial charge in [-0.3, -0.25) is 5.32 Å². The third-order valence-electron chi connectivity index (χ3n) is 3.75. The van der Waals surface area contributed by atoms with E-state index >= 15 is 0 Å². The molecule has 1 aromatic carbocycles. The van der Waals surface area contributed by atoms with Gasteiger partial charge < -0.3 is 30.5 Å². The van der Waals surface area contributed by atoms with Gasteiger partial charge in [-0.15, -0.1) is 0 Å². The number of amides is 1. The Morgan fingerprint density at radius 1 is 1.08 bits per heavy atom. The molecule has 0 radical (unpaired) electrons. The molecule has 0 aliphatic heterocycles. The molecule has 0 aromatic heterocycles. The number of nitrogens with one attached hydrogen (secondary N) is 2. The summed E-state index contributed by atoms with van der Waals surface area (Å²) in [5.41, 5.74) is 2.28. The van der Waals surface area contributed by atoms with Crippen molar-refractivity contribution in [1.82, 2.24) is 0 Å². The number of carbonyl (C=O) groups is 1. The lowest BCUT2D eigenvalue weighted by molar-refractivity contribution is -0.0715. The molecular formula is C18H30N2O6. The van der Waals surface area contributed by atoms with E-state index in [-0.39, 0.29) is 6.54 Å². The molecule has 1 amide bonds. The highest BCUT2D eigenvalue weighted by Crippen LogP contribution is 2.27. The van der Waals surface area contributed by atoms with Crippen LogP contribution in [-0.2, 0) is 4.74 Å². The third kappa shape index (κ3) is 6.80. The van der Waals surface area contributed by atoms with Gasteiger partial charge in [0, 0.05) is 6.54 Å². The summed E-state index contributed by atoms with van der Waals surface area (Å²) < 4.78 is 5.25. The lowest BCUT2D eigenvalue weighted by Gasteiger charge is -2.24. The van der Waals surface area contributed by atoms with Crippen LogP contribution in [0.1, 0.15) is 31.9 Å². The summed E-state index contributed by atoms with van der Waals surface area (Å²) in [4.78, 5) is 12.0. The predicted molar refractivity (Wildman–Crippen MR) is 99.4 cm³/mol. The molecule has 1 aromatic rings. The molecule has 1 rings (SSSR count). The summed E-state index contributed by atoms with van der Waals surface area (Å²) in [5.74, 6) is 0. The van der Waals surface area contributed by atoms with E-state index in [4.69, 9.17) is 9.84 Å². The van der Waals surface area contributed by atoms with Crippen LogP contribution >= 0.6 is 0 Å². The van der Waals surface area contributed by atoms with Crippen molar-refractivity contribution in [3.05, 3.63) is 23.3 Å². The van der Waals surface area contributed by atoms with Crippen molar-refractivity contribution >= 4 is 17.5 Å². The minimum Gasteiger partial charge on any atom is -0.444 e. The van der Waals surface area contributed by atoms with Crippen molar-refractivity contribution in [1.29, 1.82) is 0 Å². The van der Waals surface area contributed by atoms with Crippen molar-refractivity contribution in [3.8, 4) is 0 Å². The van der Waals surface area contributed by atoms with Crippen molar-refractivity contribution in [2.75, 3.05) is 23.8 Å². The molecule has 148 valence electrons. The minimum absolute atomic E-state index is 0.0935. The second kappa shape index (κ2) is 9.18. The van der Waals surface area contributed by atoms with Crippen molar-refractivity contribution in [2.24, 2.45) is 0 Å². The lowest BCUT2D eigenvalue weighted by Crippen LogP contribution is -2.43. The zero-order chi connectivity index (χ0) is 20.1. The minimum atomic E-state index is -1.50. The first-order valence-electron chi connectivity index (χ1n) is 8.44. The van der Waals surface area contributed by atoms with Gasteiger partial charge in [0.25, 0.3) is 0 Å². The second-order valence-corrected chi connectivity index (χ2v) is 7.30. The SMILES string of the molecule is Cc1cc(NC[C@H](O)[C@H](O)[C@H](O)CO)c(NC(=O)OC(C)(C)C)cc1C. The maximum atomic E-state index is 12.0. The lowest BCUT2D eigenvalue weighted by atomic mass is 10.1. The molecule has 0 aliphatic carbocycles. The Labute approximate surface area is 153 Å². The van der Waals surface area contributed by atoms with E-state index in [1.807, 2.05) is 13.8 Å². The first-order chi connectivity index (χ1) is 11.9. The van der Waals surface area contributed by atoms with Gasteiger partial charge in [-0.05, 0) is 57.9 Å². The Hall–Kier alpha value is -1.87. The quantitative estimate of drug-likeness (QED) is 0.424. The van der Waals surface area contributed by atoms with Gasteiger partial charge in [-0.1, -0.05) is 0 Å². The van der Waals surface area contributed by atoms with E-state index in [9.17, 15) is 20.1 Å². The number of carbonyl (C=O) groups excluding carboxylic acids is 1. The average Bonchev–Trinajstić information content (AvgIpc) is 2.53. The van der Waals surface area contributed by atoms with Crippen LogP contribution in [0.25, 0.3) is 0 Å². The number of ether oxygens (including phenoxy) is 1. The summed E-state index contributed by atoms with van der Waals surface area (Å²) in [6.07, 6.45) is -4.86. The Morgan fingerprint density at radius 3 is 2.12 bits per heavy atom. The molecule has 0 saturated carbocycles. The summed E-state index contributed by atoms with van der Waals surface area (Å²) in [7, 11) is 0. The molecule has 0 fully saturated rings. The summed E-state index contributed by atoms with van der Waals surface area (Å²) in [6.45, 7) is 8.33. The van der Waals surface area contributed by atoms with Gasteiger partial charge in [0.05, 0.1) is 24.1 Å². The molecule has 3 atom stereocenters. The molecule has 0 bridgehead atoms. The Kier molecular flexibility index (Phi) is 7.83. The average molecular weight is 370 g/mol. The molecule has 0 aliphatic rings. The van der Waals surface area contributed by atoms with Gasteiger partial charge >= 0.3 is 6.09 Å². The summed E-state index contributed by atoms with van der Waals surface area (Å²) >= 11 is 0. The molecule has 26 heavy (non-hydrogen) atoms. The topological polar surface area (TPSA) is 131 Å². The van der Waals surface area contributed by atoms with Crippen LogP contribution in [0, 0.1) is 13.8 Å². The van der Waals surface area contributed by atoms with E-state index < -0.39 is 36.6 Å². The van der Waals surface area contributed by atoms with Crippen molar-refractivity contribution in [2.45, 2.75) is 58.5 Å². The van der Waals surface area contributed by atoms with Crippen LogP contribution in [0.2, 0.25) is 0 Å². The van der Waals surface area contributed by atoms with E-state index in [0.29, 0.717) is 11.4 Å². The monoisotopic (exact) mass is 370 g/mol. The van der Waals surface area contributed by atoms with Gasteiger partial charge in [-0.25, -0.2) is 4.79 Å². The molecule has 0 spiro atoms. The normalized spacial score (nSPS) is 15.1. The van der Waals surface area contributed by atoms with Gasteiger partial charge in [0.2, 0.25) is 0 Å². The highest BCUT2D eigenvalue weighted by molar-refractivity contribution is 5.90. The van der Waals surface area contributed by atoms with E-state index in [1.54, 1.807) is 32.9 Å². The van der Waals surface area contributed by atoms with Crippen molar-refractivity contribution in [3.63, 3.8) is 0 Å².